The van der Waals surface area contributed by atoms with Crippen LogP contribution in [-0.2, 0) is 6.42 Å². The predicted molar refractivity (Wildman–Crippen MR) is 67.7 cm³/mol. The summed E-state index contributed by atoms with van der Waals surface area (Å²) in [5.74, 6) is 1.35. The summed E-state index contributed by atoms with van der Waals surface area (Å²) in [6, 6.07) is 6.76. The molecule has 2 rings (SSSR count). The van der Waals surface area contributed by atoms with Crippen molar-refractivity contribution >= 4 is 5.82 Å². The molecule has 88 valence electrons. The third-order valence-electron chi connectivity index (χ3n) is 2.72. The highest BCUT2D eigenvalue weighted by Gasteiger charge is 2.08. The third kappa shape index (κ3) is 2.20. The van der Waals surface area contributed by atoms with Crippen molar-refractivity contribution in [2.45, 2.75) is 20.3 Å². The van der Waals surface area contributed by atoms with Gasteiger partial charge in [0.1, 0.15) is 11.6 Å². The Balaban J connectivity index is 2.50. The Bertz CT molecular complexity index is 512. The van der Waals surface area contributed by atoms with E-state index in [-0.39, 0.29) is 5.75 Å². The zero-order valence-electron chi connectivity index (χ0n) is 9.94. The molecule has 1 aromatic carbocycles. The zero-order valence-corrected chi connectivity index (χ0v) is 9.94. The zero-order chi connectivity index (χ0) is 12.4. The standard InChI is InChI=1S/C13H15N3O/c1-3-11-8(2)15-13(16-12(11)14)9-4-6-10(17)7-5-9/h4-7,17H,3H2,1-2H3,(H2,14,15,16). The molecule has 0 atom stereocenters. The van der Waals surface area contributed by atoms with Gasteiger partial charge in [0.15, 0.2) is 5.82 Å². The van der Waals surface area contributed by atoms with Gasteiger partial charge in [-0.2, -0.15) is 0 Å². The van der Waals surface area contributed by atoms with E-state index in [4.69, 9.17) is 5.73 Å². The first-order chi connectivity index (χ1) is 8.11. The molecule has 0 amide bonds. The van der Waals surface area contributed by atoms with E-state index in [0.717, 1.165) is 23.2 Å². The van der Waals surface area contributed by atoms with Crippen molar-refractivity contribution in [1.82, 2.24) is 9.97 Å². The molecular weight excluding hydrogens is 214 g/mol. The van der Waals surface area contributed by atoms with Crippen LogP contribution in [0.1, 0.15) is 18.2 Å². The maximum atomic E-state index is 9.23. The highest BCUT2D eigenvalue weighted by atomic mass is 16.3. The predicted octanol–water partition coefficient (Wildman–Crippen LogP) is 2.30. The maximum Gasteiger partial charge on any atom is 0.161 e. The minimum Gasteiger partial charge on any atom is -0.508 e. The number of aromatic nitrogens is 2. The lowest BCUT2D eigenvalue weighted by Gasteiger charge is -2.08. The van der Waals surface area contributed by atoms with Gasteiger partial charge in [-0.15, -0.1) is 0 Å². The second-order valence-electron chi connectivity index (χ2n) is 3.90. The van der Waals surface area contributed by atoms with Gasteiger partial charge >= 0.3 is 0 Å². The molecule has 0 spiro atoms. The van der Waals surface area contributed by atoms with Crippen molar-refractivity contribution in [3.05, 3.63) is 35.5 Å². The van der Waals surface area contributed by atoms with Crippen LogP contribution in [0, 0.1) is 6.92 Å². The van der Waals surface area contributed by atoms with Crippen LogP contribution in [0.25, 0.3) is 11.4 Å². The number of phenols is 1. The second-order valence-corrected chi connectivity index (χ2v) is 3.90. The SMILES string of the molecule is CCc1c(C)nc(-c2ccc(O)cc2)nc1N. The molecule has 0 saturated heterocycles. The second kappa shape index (κ2) is 4.41. The molecule has 17 heavy (non-hydrogen) atoms. The van der Waals surface area contributed by atoms with Crippen LogP contribution < -0.4 is 5.73 Å². The molecule has 0 saturated carbocycles. The van der Waals surface area contributed by atoms with Crippen molar-refractivity contribution in [2.75, 3.05) is 5.73 Å². The van der Waals surface area contributed by atoms with Crippen LogP contribution in [0.15, 0.2) is 24.3 Å². The van der Waals surface area contributed by atoms with E-state index in [1.54, 1.807) is 24.3 Å². The molecular formula is C13H15N3O. The molecule has 0 unspecified atom stereocenters. The van der Waals surface area contributed by atoms with Gasteiger partial charge in [-0.3, -0.25) is 0 Å². The average Bonchev–Trinajstić information content (AvgIpc) is 2.29. The minimum absolute atomic E-state index is 0.226. The number of aromatic hydroxyl groups is 1. The smallest absolute Gasteiger partial charge is 0.161 e. The quantitative estimate of drug-likeness (QED) is 0.828. The highest BCUT2D eigenvalue weighted by Crippen LogP contribution is 2.22. The molecule has 3 N–H and O–H groups in total. The van der Waals surface area contributed by atoms with E-state index in [2.05, 4.69) is 9.97 Å². The first-order valence-electron chi connectivity index (χ1n) is 5.54. The summed E-state index contributed by atoms with van der Waals surface area (Å²) in [5, 5.41) is 9.23. The van der Waals surface area contributed by atoms with Crippen molar-refractivity contribution < 1.29 is 5.11 Å². The fourth-order valence-electron chi connectivity index (χ4n) is 1.79. The molecule has 0 aliphatic heterocycles. The molecule has 2 aromatic rings. The maximum absolute atomic E-state index is 9.23. The monoisotopic (exact) mass is 229 g/mol. The van der Waals surface area contributed by atoms with E-state index < -0.39 is 0 Å². The van der Waals surface area contributed by atoms with Crippen LogP contribution in [0.5, 0.6) is 5.75 Å². The van der Waals surface area contributed by atoms with Crippen molar-refractivity contribution in [3.63, 3.8) is 0 Å². The Hall–Kier alpha value is -2.10. The molecule has 4 nitrogen and oxygen atoms in total. The van der Waals surface area contributed by atoms with Gasteiger partial charge in [-0.1, -0.05) is 6.92 Å². The van der Waals surface area contributed by atoms with E-state index in [0.29, 0.717) is 11.6 Å². The van der Waals surface area contributed by atoms with Crippen molar-refractivity contribution in [3.8, 4) is 17.1 Å². The van der Waals surface area contributed by atoms with E-state index in [1.807, 2.05) is 13.8 Å². The highest BCUT2D eigenvalue weighted by molar-refractivity contribution is 5.59. The number of anilines is 1. The van der Waals surface area contributed by atoms with Crippen LogP contribution in [-0.4, -0.2) is 15.1 Å². The van der Waals surface area contributed by atoms with E-state index in [1.165, 1.54) is 0 Å². The van der Waals surface area contributed by atoms with Gasteiger partial charge in [-0.25, -0.2) is 9.97 Å². The molecule has 1 heterocycles. The molecule has 4 heteroatoms. The summed E-state index contributed by atoms with van der Waals surface area (Å²) in [7, 11) is 0. The largest absolute Gasteiger partial charge is 0.508 e. The van der Waals surface area contributed by atoms with E-state index >= 15 is 0 Å². The summed E-state index contributed by atoms with van der Waals surface area (Å²) in [6.45, 7) is 3.96. The van der Waals surface area contributed by atoms with E-state index in [9.17, 15) is 5.11 Å². The summed E-state index contributed by atoms with van der Waals surface area (Å²) >= 11 is 0. The number of benzene rings is 1. The minimum atomic E-state index is 0.226. The van der Waals surface area contributed by atoms with Gasteiger partial charge in [-0.05, 0) is 37.6 Å². The number of hydrogen-bond acceptors (Lipinski definition) is 4. The number of aryl methyl sites for hydroxylation is 1. The normalized spacial score (nSPS) is 10.5. The Kier molecular flexibility index (Phi) is 2.95. The number of nitrogen functional groups attached to an aromatic ring is 1. The van der Waals surface area contributed by atoms with Gasteiger partial charge < -0.3 is 10.8 Å². The van der Waals surface area contributed by atoms with Crippen molar-refractivity contribution in [2.24, 2.45) is 0 Å². The molecule has 0 fully saturated rings. The number of rotatable bonds is 2. The number of nitrogens with zero attached hydrogens (tertiary/aromatic N) is 2. The first kappa shape index (κ1) is 11.4. The van der Waals surface area contributed by atoms with Gasteiger partial charge in [0.05, 0.1) is 0 Å². The lowest BCUT2D eigenvalue weighted by molar-refractivity contribution is 0.475. The van der Waals surface area contributed by atoms with Gasteiger partial charge in [0.25, 0.3) is 0 Å². The number of hydrogen-bond donors (Lipinski definition) is 2. The van der Waals surface area contributed by atoms with Crippen LogP contribution >= 0.6 is 0 Å². The molecule has 1 aromatic heterocycles. The van der Waals surface area contributed by atoms with Gasteiger partial charge in [0.2, 0.25) is 0 Å². The Morgan fingerprint density at radius 1 is 1.18 bits per heavy atom. The Morgan fingerprint density at radius 2 is 1.82 bits per heavy atom. The summed E-state index contributed by atoms with van der Waals surface area (Å²) in [4.78, 5) is 8.72. The number of nitrogens with two attached hydrogens (primary N) is 1. The number of phenolic OH excluding ortho intramolecular Hbond substituents is 1. The fraction of sp³-hybridized carbons (Fsp3) is 0.231. The summed E-state index contributed by atoms with van der Waals surface area (Å²) in [5.41, 5.74) is 8.65. The fourth-order valence-corrected chi connectivity index (χ4v) is 1.79. The molecule has 0 radical (unpaired) electrons. The Morgan fingerprint density at radius 3 is 2.35 bits per heavy atom. The topological polar surface area (TPSA) is 72.0 Å². The summed E-state index contributed by atoms with van der Waals surface area (Å²) < 4.78 is 0. The lowest BCUT2D eigenvalue weighted by atomic mass is 10.1. The molecule has 0 aliphatic rings. The third-order valence-corrected chi connectivity index (χ3v) is 2.72. The lowest BCUT2D eigenvalue weighted by Crippen LogP contribution is -2.04. The first-order valence-corrected chi connectivity index (χ1v) is 5.54. The van der Waals surface area contributed by atoms with Crippen molar-refractivity contribution in [1.29, 1.82) is 0 Å². The van der Waals surface area contributed by atoms with Crippen LogP contribution in [0.4, 0.5) is 5.82 Å². The van der Waals surface area contributed by atoms with Crippen LogP contribution in [0.2, 0.25) is 0 Å². The average molecular weight is 229 g/mol. The molecule has 0 aliphatic carbocycles. The van der Waals surface area contributed by atoms with Crippen LogP contribution in [0.3, 0.4) is 0 Å². The summed E-state index contributed by atoms with van der Waals surface area (Å²) in [6.07, 6.45) is 0.827. The molecule has 0 bridgehead atoms. The Labute approximate surface area is 100 Å². The van der Waals surface area contributed by atoms with Gasteiger partial charge in [0, 0.05) is 16.8 Å².